The number of benzene rings is 1. The van der Waals surface area contributed by atoms with Gasteiger partial charge in [0.15, 0.2) is 0 Å². The zero-order chi connectivity index (χ0) is 14.8. The van der Waals surface area contributed by atoms with Crippen molar-refractivity contribution in [2.45, 2.75) is 37.8 Å². The van der Waals surface area contributed by atoms with Crippen LogP contribution in [0.15, 0.2) is 30.3 Å². The molecule has 0 aliphatic carbocycles. The first kappa shape index (κ1) is 14.5. The van der Waals surface area contributed by atoms with Crippen molar-refractivity contribution in [2.24, 2.45) is 5.73 Å². The third kappa shape index (κ3) is 2.82. The van der Waals surface area contributed by atoms with E-state index in [4.69, 9.17) is 10.8 Å². The van der Waals surface area contributed by atoms with Crippen molar-refractivity contribution < 1.29 is 14.7 Å². The number of amides is 1. The molecule has 2 rings (SSSR count). The molecule has 0 spiro atoms. The Morgan fingerprint density at radius 1 is 1.40 bits per heavy atom. The summed E-state index contributed by atoms with van der Waals surface area (Å²) in [6, 6.07) is 8.94. The molecular formula is C15H20N2O3. The predicted octanol–water partition coefficient (Wildman–Crippen LogP) is 1.33. The normalized spacial score (nSPS) is 21.5. The van der Waals surface area contributed by atoms with Crippen LogP contribution in [-0.2, 0) is 15.1 Å². The van der Waals surface area contributed by atoms with Crippen molar-refractivity contribution in [3.63, 3.8) is 0 Å². The first-order chi connectivity index (χ1) is 9.43. The highest BCUT2D eigenvalue weighted by molar-refractivity contribution is 5.88. The van der Waals surface area contributed by atoms with E-state index in [1.54, 1.807) is 11.8 Å². The standard InChI is InChI=1S/C15H20N2O3/c1-15(16,11-6-3-2-4-7-11)14(20)17-9-5-8-12(17)10-13(18)19/h2-4,6-7,12H,5,8-10,16H2,1H3,(H,18,19). The van der Waals surface area contributed by atoms with Gasteiger partial charge in [-0.05, 0) is 25.3 Å². The van der Waals surface area contributed by atoms with E-state index in [2.05, 4.69) is 0 Å². The van der Waals surface area contributed by atoms with Crippen LogP contribution in [0.1, 0.15) is 31.7 Å². The molecule has 3 N–H and O–H groups in total. The summed E-state index contributed by atoms with van der Waals surface area (Å²) >= 11 is 0. The van der Waals surface area contributed by atoms with Crippen molar-refractivity contribution in [1.29, 1.82) is 0 Å². The average molecular weight is 276 g/mol. The summed E-state index contributed by atoms with van der Waals surface area (Å²) in [5.41, 5.74) is 5.83. The Balaban J connectivity index is 2.19. The fourth-order valence-corrected chi connectivity index (χ4v) is 2.72. The van der Waals surface area contributed by atoms with Crippen LogP contribution in [0.5, 0.6) is 0 Å². The summed E-state index contributed by atoms with van der Waals surface area (Å²) in [6.07, 6.45) is 1.54. The van der Waals surface area contributed by atoms with E-state index in [0.29, 0.717) is 6.54 Å². The maximum atomic E-state index is 12.7. The zero-order valence-electron chi connectivity index (χ0n) is 11.6. The van der Waals surface area contributed by atoms with Crippen LogP contribution < -0.4 is 5.73 Å². The van der Waals surface area contributed by atoms with Crippen LogP contribution in [0.2, 0.25) is 0 Å². The summed E-state index contributed by atoms with van der Waals surface area (Å²) in [6.45, 7) is 2.26. The number of carboxylic acid groups (broad SMARTS) is 1. The van der Waals surface area contributed by atoms with Gasteiger partial charge in [-0.3, -0.25) is 9.59 Å². The lowest BCUT2D eigenvalue weighted by molar-refractivity contribution is -0.141. The Kier molecular flexibility index (Phi) is 4.09. The van der Waals surface area contributed by atoms with E-state index in [1.807, 2.05) is 30.3 Å². The highest BCUT2D eigenvalue weighted by Crippen LogP contribution is 2.27. The molecule has 1 aliphatic rings. The highest BCUT2D eigenvalue weighted by atomic mass is 16.4. The number of carboxylic acids is 1. The van der Waals surface area contributed by atoms with Crippen molar-refractivity contribution in [3.05, 3.63) is 35.9 Å². The van der Waals surface area contributed by atoms with E-state index >= 15 is 0 Å². The molecule has 1 aliphatic heterocycles. The van der Waals surface area contributed by atoms with Crippen LogP contribution >= 0.6 is 0 Å². The van der Waals surface area contributed by atoms with Crippen molar-refractivity contribution in [2.75, 3.05) is 6.54 Å². The van der Waals surface area contributed by atoms with Gasteiger partial charge in [-0.15, -0.1) is 0 Å². The summed E-state index contributed by atoms with van der Waals surface area (Å²) in [7, 11) is 0. The maximum absolute atomic E-state index is 12.7. The second-order valence-electron chi connectivity index (χ2n) is 5.46. The number of nitrogens with two attached hydrogens (primary N) is 1. The molecule has 20 heavy (non-hydrogen) atoms. The number of hydrogen-bond donors (Lipinski definition) is 2. The number of nitrogens with zero attached hydrogens (tertiary/aromatic N) is 1. The molecule has 1 heterocycles. The molecule has 5 heteroatoms. The first-order valence-corrected chi connectivity index (χ1v) is 6.80. The molecule has 0 bridgehead atoms. The van der Waals surface area contributed by atoms with Crippen molar-refractivity contribution in [3.8, 4) is 0 Å². The molecule has 2 atom stereocenters. The molecule has 108 valence electrons. The number of likely N-dealkylation sites (tertiary alicyclic amines) is 1. The topological polar surface area (TPSA) is 83.6 Å². The molecule has 0 aromatic heterocycles. The Morgan fingerprint density at radius 3 is 2.65 bits per heavy atom. The van der Waals surface area contributed by atoms with E-state index in [-0.39, 0.29) is 18.4 Å². The minimum atomic E-state index is -1.12. The summed E-state index contributed by atoms with van der Waals surface area (Å²) < 4.78 is 0. The van der Waals surface area contributed by atoms with E-state index in [1.165, 1.54) is 0 Å². The average Bonchev–Trinajstić information content (AvgIpc) is 2.86. The van der Waals surface area contributed by atoms with E-state index < -0.39 is 11.5 Å². The van der Waals surface area contributed by atoms with Crippen LogP contribution in [-0.4, -0.2) is 34.5 Å². The number of carbonyl (C=O) groups excluding carboxylic acids is 1. The minimum Gasteiger partial charge on any atom is -0.481 e. The van der Waals surface area contributed by atoms with Crippen LogP contribution in [0.3, 0.4) is 0 Å². The SMILES string of the molecule is CC(N)(C(=O)N1CCCC1CC(=O)O)c1ccccc1. The smallest absolute Gasteiger partial charge is 0.305 e. The Morgan fingerprint density at radius 2 is 2.05 bits per heavy atom. The monoisotopic (exact) mass is 276 g/mol. The Hall–Kier alpha value is -1.88. The zero-order valence-corrected chi connectivity index (χ0v) is 11.6. The number of aliphatic carboxylic acids is 1. The lowest BCUT2D eigenvalue weighted by Gasteiger charge is -2.32. The van der Waals surface area contributed by atoms with Gasteiger partial charge in [0.25, 0.3) is 0 Å². The molecule has 2 unspecified atom stereocenters. The molecule has 0 radical (unpaired) electrons. The molecule has 1 aromatic rings. The molecule has 0 saturated carbocycles. The predicted molar refractivity (Wildman–Crippen MR) is 75.0 cm³/mol. The molecule has 5 nitrogen and oxygen atoms in total. The number of hydrogen-bond acceptors (Lipinski definition) is 3. The van der Waals surface area contributed by atoms with Gasteiger partial charge in [0.2, 0.25) is 5.91 Å². The molecule has 1 saturated heterocycles. The lowest BCUT2D eigenvalue weighted by atomic mass is 9.91. The van der Waals surface area contributed by atoms with Gasteiger partial charge in [-0.1, -0.05) is 30.3 Å². The summed E-state index contributed by atoms with van der Waals surface area (Å²) in [5.74, 6) is -1.08. The molecule has 1 fully saturated rings. The van der Waals surface area contributed by atoms with E-state index in [0.717, 1.165) is 18.4 Å². The fraction of sp³-hybridized carbons (Fsp3) is 0.467. The quantitative estimate of drug-likeness (QED) is 0.869. The Bertz CT molecular complexity index is 499. The highest BCUT2D eigenvalue weighted by Gasteiger charge is 2.39. The van der Waals surface area contributed by atoms with Crippen LogP contribution in [0.25, 0.3) is 0 Å². The summed E-state index contributed by atoms with van der Waals surface area (Å²) in [4.78, 5) is 25.2. The van der Waals surface area contributed by atoms with Crippen molar-refractivity contribution >= 4 is 11.9 Å². The first-order valence-electron chi connectivity index (χ1n) is 6.80. The van der Waals surface area contributed by atoms with Gasteiger partial charge in [-0.2, -0.15) is 0 Å². The number of carbonyl (C=O) groups is 2. The van der Waals surface area contributed by atoms with Gasteiger partial charge in [0.1, 0.15) is 5.54 Å². The third-order valence-electron chi connectivity index (χ3n) is 3.87. The fourth-order valence-electron chi connectivity index (χ4n) is 2.72. The van der Waals surface area contributed by atoms with Gasteiger partial charge in [0.05, 0.1) is 6.42 Å². The van der Waals surface area contributed by atoms with E-state index in [9.17, 15) is 9.59 Å². The van der Waals surface area contributed by atoms with Crippen LogP contribution in [0, 0.1) is 0 Å². The van der Waals surface area contributed by atoms with Gasteiger partial charge in [-0.25, -0.2) is 0 Å². The molecule has 1 amide bonds. The van der Waals surface area contributed by atoms with Gasteiger partial charge < -0.3 is 15.7 Å². The second kappa shape index (κ2) is 5.63. The molecule has 1 aromatic carbocycles. The second-order valence-corrected chi connectivity index (χ2v) is 5.46. The Labute approximate surface area is 118 Å². The number of rotatable bonds is 4. The maximum Gasteiger partial charge on any atom is 0.305 e. The van der Waals surface area contributed by atoms with Crippen molar-refractivity contribution in [1.82, 2.24) is 4.90 Å². The third-order valence-corrected chi connectivity index (χ3v) is 3.87. The molecular weight excluding hydrogens is 256 g/mol. The van der Waals surface area contributed by atoms with Gasteiger partial charge in [0, 0.05) is 12.6 Å². The lowest BCUT2D eigenvalue weighted by Crippen LogP contribution is -2.52. The van der Waals surface area contributed by atoms with Crippen LogP contribution in [0.4, 0.5) is 0 Å². The minimum absolute atomic E-state index is 0.0173. The summed E-state index contributed by atoms with van der Waals surface area (Å²) in [5, 5.41) is 8.92. The largest absolute Gasteiger partial charge is 0.481 e. The van der Waals surface area contributed by atoms with Gasteiger partial charge >= 0.3 is 5.97 Å².